The Labute approximate surface area is 175 Å². The van der Waals surface area contributed by atoms with Gasteiger partial charge >= 0.3 is 0 Å². The van der Waals surface area contributed by atoms with Gasteiger partial charge in [-0.1, -0.05) is 73.1 Å². The summed E-state index contributed by atoms with van der Waals surface area (Å²) >= 11 is 8.36. The second kappa shape index (κ2) is 7.90. The molecule has 4 aromatic rings. The topological polar surface area (TPSA) is 12.9 Å². The van der Waals surface area contributed by atoms with Crippen LogP contribution in [0.1, 0.15) is 29.3 Å². The van der Waals surface area contributed by atoms with E-state index in [4.69, 9.17) is 16.6 Å². The van der Waals surface area contributed by atoms with Gasteiger partial charge in [0.2, 0.25) is 0 Å². The average Bonchev–Trinajstić information content (AvgIpc) is 3.03. The van der Waals surface area contributed by atoms with Crippen LogP contribution in [0.15, 0.2) is 60.7 Å². The number of thiophene rings is 1. The number of hydrogen-bond acceptors (Lipinski definition) is 2. The van der Waals surface area contributed by atoms with Crippen LogP contribution in [0.4, 0.5) is 0 Å². The van der Waals surface area contributed by atoms with Crippen molar-refractivity contribution in [2.75, 3.05) is 0 Å². The highest BCUT2D eigenvalue weighted by Crippen LogP contribution is 2.42. The summed E-state index contributed by atoms with van der Waals surface area (Å²) in [7, 11) is 0. The molecular weight excluding hydrogens is 382 g/mol. The SMILES string of the molecule is CCC=Cc1sc2c(-c3cccc(-c4ccccc4)c3)c(C)c(Cl)nc2c1C. The van der Waals surface area contributed by atoms with E-state index in [2.05, 4.69) is 81.5 Å². The van der Waals surface area contributed by atoms with Gasteiger partial charge in [0.05, 0.1) is 10.2 Å². The smallest absolute Gasteiger partial charge is 0.133 e. The molecule has 4 rings (SSSR count). The molecule has 0 aliphatic rings. The third-order valence-corrected chi connectivity index (χ3v) is 6.67. The predicted octanol–water partition coefficient (Wildman–Crippen LogP) is 8.32. The molecule has 2 heterocycles. The van der Waals surface area contributed by atoms with Crippen molar-refractivity contribution in [3.63, 3.8) is 0 Å². The molecule has 2 aromatic carbocycles. The van der Waals surface area contributed by atoms with Crippen molar-refractivity contribution in [3.8, 4) is 22.3 Å². The number of halogens is 1. The van der Waals surface area contributed by atoms with Crippen molar-refractivity contribution in [3.05, 3.63) is 81.8 Å². The molecule has 0 fully saturated rings. The lowest BCUT2D eigenvalue weighted by Crippen LogP contribution is -1.90. The van der Waals surface area contributed by atoms with Crippen molar-refractivity contribution in [1.29, 1.82) is 0 Å². The van der Waals surface area contributed by atoms with Gasteiger partial charge in [0, 0.05) is 10.4 Å². The van der Waals surface area contributed by atoms with E-state index in [-0.39, 0.29) is 0 Å². The van der Waals surface area contributed by atoms with Crippen LogP contribution in [0.3, 0.4) is 0 Å². The van der Waals surface area contributed by atoms with E-state index in [1.165, 1.54) is 37.4 Å². The first-order chi connectivity index (χ1) is 13.6. The molecule has 0 unspecified atom stereocenters. The minimum absolute atomic E-state index is 0.583. The third-order valence-electron chi connectivity index (χ3n) is 5.04. The standard InChI is InChI=1S/C25H22ClNS/c1-4-5-14-21-16(2)23-24(28-21)22(17(3)25(26)27-23)20-13-9-12-19(15-20)18-10-7-6-8-11-18/h5-15H,4H2,1-3H3. The second-order valence-corrected chi connectivity index (χ2v) is 8.34. The molecule has 0 aliphatic carbocycles. The molecule has 0 atom stereocenters. The molecule has 0 saturated carbocycles. The van der Waals surface area contributed by atoms with E-state index >= 15 is 0 Å². The Morgan fingerprint density at radius 3 is 2.39 bits per heavy atom. The Morgan fingerprint density at radius 1 is 0.929 bits per heavy atom. The Morgan fingerprint density at radius 2 is 1.64 bits per heavy atom. The molecular formula is C25H22ClNS. The Kier molecular flexibility index (Phi) is 5.34. The summed E-state index contributed by atoms with van der Waals surface area (Å²) in [6.45, 7) is 6.35. The first-order valence-electron chi connectivity index (χ1n) is 9.51. The molecule has 28 heavy (non-hydrogen) atoms. The molecule has 0 saturated heterocycles. The lowest BCUT2D eigenvalue weighted by molar-refractivity contribution is 1.23. The number of benzene rings is 2. The number of pyridine rings is 1. The number of hydrogen-bond donors (Lipinski definition) is 0. The number of aryl methyl sites for hydroxylation is 1. The number of aromatic nitrogens is 1. The zero-order valence-electron chi connectivity index (χ0n) is 16.3. The van der Waals surface area contributed by atoms with Gasteiger partial charge in [-0.2, -0.15) is 0 Å². The first kappa shape index (κ1) is 18.9. The van der Waals surface area contributed by atoms with Crippen molar-refractivity contribution in [2.24, 2.45) is 0 Å². The summed E-state index contributed by atoms with van der Waals surface area (Å²) in [6.07, 6.45) is 5.42. The Hall–Kier alpha value is -2.42. The fourth-order valence-corrected chi connectivity index (χ4v) is 4.98. The monoisotopic (exact) mass is 403 g/mol. The normalized spacial score (nSPS) is 11.6. The average molecular weight is 404 g/mol. The van der Waals surface area contributed by atoms with Crippen LogP contribution in [0.25, 0.3) is 38.5 Å². The quantitative estimate of drug-likeness (QED) is 0.312. The molecule has 1 nitrogen and oxygen atoms in total. The fraction of sp³-hybridized carbons (Fsp3) is 0.160. The molecule has 0 aliphatic heterocycles. The summed E-state index contributed by atoms with van der Waals surface area (Å²) < 4.78 is 1.21. The second-order valence-electron chi connectivity index (χ2n) is 6.93. The number of allylic oxidation sites excluding steroid dienone is 1. The zero-order valence-corrected chi connectivity index (χ0v) is 17.9. The van der Waals surface area contributed by atoms with Crippen LogP contribution in [-0.2, 0) is 0 Å². The van der Waals surface area contributed by atoms with E-state index < -0.39 is 0 Å². The molecule has 2 aromatic heterocycles. The molecule has 3 heteroatoms. The van der Waals surface area contributed by atoms with E-state index in [0.29, 0.717) is 5.15 Å². The lowest BCUT2D eigenvalue weighted by Gasteiger charge is -2.11. The summed E-state index contributed by atoms with van der Waals surface area (Å²) in [5, 5.41) is 0.583. The van der Waals surface area contributed by atoms with Crippen molar-refractivity contribution >= 4 is 39.2 Å². The minimum atomic E-state index is 0.583. The van der Waals surface area contributed by atoms with Gasteiger partial charge in [-0.05, 0) is 60.2 Å². The number of fused-ring (bicyclic) bond motifs is 1. The Balaban J connectivity index is 1.96. The summed E-state index contributed by atoms with van der Waals surface area (Å²) in [5.41, 5.74) is 8.04. The largest absolute Gasteiger partial charge is 0.235 e. The number of nitrogens with zero attached hydrogens (tertiary/aromatic N) is 1. The van der Waals surface area contributed by atoms with Gasteiger partial charge in [-0.15, -0.1) is 11.3 Å². The van der Waals surface area contributed by atoms with Crippen LogP contribution >= 0.6 is 22.9 Å². The predicted molar refractivity (Wildman–Crippen MR) is 124 cm³/mol. The molecule has 0 N–H and O–H groups in total. The van der Waals surface area contributed by atoms with Crippen LogP contribution in [-0.4, -0.2) is 4.98 Å². The highest BCUT2D eigenvalue weighted by Gasteiger charge is 2.18. The van der Waals surface area contributed by atoms with Crippen LogP contribution in [0, 0.1) is 13.8 Å². The maximum atomic E-state index is 6.56. The van der Waals surface area contributed by atoms with E-state index in [0.717, 1.165) is 17.5 Å². The molecule has 0 radical (unpaired) electrons. The van der Waals surface area contributed by atoms with E-state index in [1.54, 1.807) is 11.3 Å². The van der Waals surface area contributed by atoms with Crippen molar-refractivity contribution in [2.45, 2.75) is 27.2 Å². The highest BCUT2D eigenvalue weighted by atomic mass is 35.5. The van der Waals surface area contributed by atoms with Crippen LogP contribution in [0.2, 0.25) is 5.15 Å². The van der Waals surface area contributed by atoms with Gasteiger partial charge in [-0.25, -0.2) is 4.98 Å². The maximum absolute atomic E-state index is 6.56. The van der Waals surface area contributed by atoms with Gasteiger partial charge in [0.1, 0.15) is 5.15 Å². The van der Waals surface area contributed by atoms with E-state index in [1.807, 2.05) is 6.07 Å². The molecule has 140 valence electrons. The van der Waals surface area contributed by atoms with Crippen LogP contribution < -0.4 is 0 Å². The third kappa shape index (κ3) is 3.39. The highest BCUT2D eigenvalue weighted by molar-refractivity contribution is 7.20. The first-order valence-corrected chi connectivity index (χ1v) is 10.7. The summed E-state index contributed by atoms with van der Waals surface area (Å²) in [5.74, 6) is 0. The maximum Gasteiger partial charge on any atom is 0.133 e. The summed E-state index contributed by atoms with van der Waals surface area (Å²) in [4.78, 5) is 5.97. The fourth-order valence-electron chi connectivity index (χ4n) is 3.50. The van der Waals surface area contributed by atoms with Gasteiger partial charge in [-0.3, -0.25) is 0 Å². The Bertz CT molecular complexity index is 1170. The van der Waals surface area contributed by atoms with Crippen molar-refractivity contribution < 1.29 is 0 Å². The zero-order chi connectivity index (χ0) is 19.7. The van der Waals surface area contributed by atoms with Crippen LogP contribution in [0.5, 0.6) is 0 Å². The molecule has 0 spiro atoms. The molecule has 0 bridgehead atoms. The van der Waals surface area contributed by atoms with Gasteiger partial charge in [0.25, 0.3) is 0 Å². The summed E-state index contributed by atoms with van der Waals surface area (Å²) in [6, 6.07) is 19.2. The van der Waals surface area contributed by atoms with Gasteiger partial charge in [0.15, 0.2) is 0 Å². The number of rotatable bonds is 4. The molecule has 0 amide bonds. The van der Waals surface area contributed by atoms with Gasteiger partial charge < -0.3 is 0 Å². The van der Waals surface area contributed by atoms with Crippen molar-refractivity contribution in [1.82, 2.24) is 4.98 Å². The van der Waals surface area contributed by atoms with E-state index in [9.17, 15) is 0 Å². The minimum Gasteiger partial charge on any atom is -0.235 e. The lowest BCUT2D eigenvalue weighted by atomic mass is 9.96.